The van der Waals surface area contributed by atoms with Crippen LogP contribution in [0.4, 0.5) is 5.82 Å². The second-order valence-electron chi connectivity index (χ2n) is 6.64. The monoisotopic (exact) mass is 375 g/mol. The molecule has 0 unspecified atom stereocenters. The molecule has 2 aromatic rings. The summed E-state index contributed by atoms with van der Waals surface area (Å²) in [6.45, 7) is 6.82. The number of pyridine rings is 1. The number of nitrogens with zero attached hydrogens (tertiary/aromatic N) is 4. The summed E-state index contributed by atoms with van der Waals surface area (Å²) in [5, 5.41) is 4.71. The van der Waals surface area contributed by atoms with Crippen LogP contribution in [0.3, 0.4) is 0 Å². The Morgan fingerprint density at radius 2 is 2.04 bits per heavy atom. The molecule has 1 amide bonds. The van der Waals surface area contributed by atoms with E-state index in [1.807, 2.05) is 30.6 Å². The lowest BCUT2D eigenvalue weighted by Gasteiger charge is -2.33. The van der Waals surface area contributed by atoms with Gasteiger partial charge in [-0.05, 0) is 25.6 Å². The predicted octanol–water partition coefficient (Wildman–Crippen LogP) is 1.07. The van der Waals surface area contributed by atoms with E-state index in [0.29, 0.717) is 19.5 Å². The minimum atomic E-state index is -0.0642. The van der Waals surface area contributed by atoms with Crippen molar-refractivity contribution in [1.29, 1.82) is 0 Å². The zero-order valence-corrected chi connectivity index (χ0v) is 16.1. The van der Waals surface area contributed by atoms with Crippen LogP contribution in [0, 0.1) is 6.92 Å². The van der Waals surface area contributed by atoms with E-state index in [0.717, 1.165) is 43.3 Å². The van der Waals surface area contributed by atoms with Crippen molar-refractivity contribution in [1.82, 2.24) is 19.8 Å². The fourth-order valence-electron chi connectivity index (χ4n) is 2.92. The lowest BCUT2D eigenvalue weighted by molar-refractivity contribution is -0.121. The largest absolute Gasteiger partial charge is 0.354 e. The molecule has 0 aliphatic carbocycles. The highest BCUT2D eigenvalue weighted by Crippen LogP contribution is 2.13. The molecule has 0 spiro atoms. The number of hydrogen-bond acceptors (Lipinski definition) is 6. The normalized spacial score (nSPS) is 15.2. The van der Waals surface area contributed by atoms with Gasteiger partial charge in [0.25, 0.3) is 0 Å². The summed E-state index contributed by atoms with van der Waals surface area (Å²) in [6, 6.07) is 4.02. The summed E-state index contributed by atoms with van der Waals surface area (Å²) < 4.78 is 1.64. The summed E-state index contributed by atoms with van der Waals surface area (Å²) in [4.78, 5) is 32.8. The first-order chi connectivity index (χ1) is 12.5. The Balaban J connectivity index is 1.45. The van der Waals surface area contributed by atoms with Crippen LogP contribution in [0.25, 0.3) is 0 Å². The van der Waals surface area contributed by atoms with Gasteiger partial charge >= 0.3 is 4.87 Å². The highest BCUT2D eigenvalue weighted by molar-refractivity contribution is 7.07. The minimum Gasteiger partial charge on any atom is -0.354 e. The molecule has 3 rings (SSSR count). The molecule has 0 saturated carbocycles. The molecule has 1 aliphatic heterocycles. The SMILES string of the molecule is Cc1csc(=O)n1CCC(=O)NCc1ccc(N2CCN(C)CC2)nc1. The third kappa shape index (κ3) is 4.70. The molecule has 1 saturated heterocycles. The first kappa shape index (κ1) is 18.6. The topological polar surface area (TPSA) is 70.5 Å². The number of amides is 1. The van der Waals surface area contributed by atoms with E-state index >= 15 is 0 Å². The standard InChI is InChI=1S/C18H25N5O2S/c1-14-13-26-18(25)23(14)6-5-17(24)20-12-15-3-4-16(19-11-15)22-9-7-21(2)8-10-22/h3-4,11,13H,5-10,12H2,1-2H3,(H,20,24). The molecule has 3 heterocycles. The Morgan fingerprint density at radius 3 is 2.65 bits per heavy atom. The second kappa shape index (κ2) is 8.46. The lowest BCUT2D eigenvalue weighted by Crippen LogP contribution is -2.44. The van der Waals surface area contributed by atoms with Crippen LogP contribution in [-0.4, -0.2) is 53.6 Å². The molecule has 0 atom stereocenters. The van der Waals surface area contributed by atoms with Crippen LogP contribution < -0.4 is 15.1 Å². The number of hydrogen-bond donors (Lipinski definition) is 1. The van der Waals surface area contributed by atoms with Crippen molar-refractivity contribution in [3.05, 3.63) is 44.6 Å². The van der Waals surface area contributed by atoms with Crippen LogP contribution in [0.5, 0.6) is 0 Å². The van der Waals surface area contributed by atoms with Gasteiger partial charge in [-0.25, -0.2) is 4.98 Å². The van der Waals surface area contributed by atoms with Crippen LogP contribution >= 0.6 is 11.3 Å². The fourth-order valence-corrected chi connectivity index (χ4v) is 3.68. The smallest absolute Gasteiger partial charge is 0.307 e. The average Bonchev–Trinajstić information content (AvgIpc) is 2.97. The molecular weight excluding hydrogens is 350 g/mol. The maximum Gasteiger partial charge on any atom is 0.307 e. The van der Waals surface area contributed by atoms with E-state index in [2.05, 4.69) is 27.1 Å². The second-order valence-corrected chi connectivity index (χ2v) is 7.46. The Labute approximate surface area is 157 Å². The third-order valence-corrected chi connectivity index (χ3v) is 5.55. The number of nitrogens with one attached hydrogen (secondary N) is 1. The highest BCUT2D eigenvalue weighted by Gasteiger charge is 2.15. The van der Waals surface area contributed by atoms with Gasteiger partial charge in [-0.15, -0.1) is 0 Å². The number of carbonyl (C=O) groups is 1. The van der Waals surface area contributed by atoms with Gasteiger partial charge in [0.15, 0.2) is 0 Å². The summed E-state index contributed by atoms with van der Waals surface area (Å²) in [7, 11) is 2.13. The maximum atomic E-state index is 12.0. The van der Waals surface area contributed by atoms with Crippen molar-refractivity contribution in [3.8, 4) is 0 Å². The number of carbonyl (C=O) groups excluding carboxylic acids is 1. The maximum absolute atomic E-state index is 12.0. The van der Waals surface area contributed by atoms with Gasteiger partial charge < -0.3 is 19.7 Å². The van der Waals surface area contributed by atoms with Crippen LogP contribution in [-0.2, 0) is 17.9 Å². The van der Waals surface area contributed by atoms with E-state index in [1.54, 1.807) is 4.57 Å². The quantitative estimate of drug-likeness (QED) is 0.818. The van der Waals surface area contributed by atoms with Crippen molar-refractivity contribution in [2.45, 2.75) is 26.4 Å². The molecule has 26 heavy (non-hydrogen) atoms. The highest BCUT2D eigenvalue weighted by atomic mass is 32.1. The van der Waals surface area contributed by atoms with Crippen molar-refractivity contribution in [2.75, 3.05) is 38.1 Å². The van der Waals surface area contributed by atoms with Gasteiger partial charge in [0.2, 0.25) is 5.91 Å². The fraction of sp³-hybridized carbons (Fsp3) is 0.500. The molecule has 1 fully saturated rings. The number of aryl methyl sites for hydroxylation is 1. The lowest BCUT2D eigenvalue weighted by atomic mass is 10.2. The van der Waals surface area contributed by atoms with Gasteiger partial charge in [0, 0.05) is 63.0 Å². The molecule has 140 valence electrons. The van der Waals surface area contributed by atoms with Gasteiger partial charge in [-0.2, -0.15) is 0 Å². The van der Waals surface area contributed by atoms with E-state index in [4.69, 9.17) is 0 Å². The van der Waals surface area contributed by atoms with E-state index < -0.39 is 0 Å². The number of likely N-dealkylation sites (N-methyl/N-ethyl adjacent to an activating group) is 1. The molecule has 0 aromatic carbocycles. The molecular formula is C18H25N5O2S. The summed E-state index contributed by atoms with van der Waals surface area (Å²) in [6.07, 6.45) is 2.12. The number of piperazine rings is 1. The predicted molar refractivity (Wildman–Crippen MR) is 104 cm³/mol. The first-order valence-electron chi connectivity index (χ1n) is 8.83. The molecule has 8 heteroatoms. The summed E-state index contributed by atoms with van der Waals surface area (Å²) >= 11 is 1.17. The van der Waals surface area contributed by atoms with Gasteiger partial charge in [-0.3, -0.25) is 9.59 Å². The summed E-state index contributed by atoms with van der Waals surface area (Å²) in [5.74, 6) is 0.922. The number of aromatic nitrogens is 2. The number of rotatable bonds is 6. The summed E-state index contributed by atoms with van der Waals surface area (Å²) in [5.41, 5.74) is 1.87. The van der Waals surface area contributed by atoms with Crippen molar-refractivity contribution >= 4 is 23.1 Å². The van der Waals surface area contributed by atoms with Gasteiger partial charge in [0.05, 0.1) is 0 Å². The Bertz CT molecular complexity index is 791. The van der Waals surface area contributed by atoms with Gasteiger partial charge in [0.1, 0.15) is 5.82 Å². The molecule has 2 aromatic heterocycles. The Hall–Kier alpha value is -2.19. The number of anilines is 1. The number of thiazole rings is 1. The van der Waals surface area contributed by atoms with E-state index in [1.165, 1.54) is 11.3 Å². The molecule has 1 aliphatic rings. The van der Waals surface area contributed by atoms with E-state index in [-0.39, 0.29) is 10.8 Å². The third-order valence-electron chi connectivity index (χ3n) is 4.66. The zero-order valence-electron chi connectivity index (χ0n) is 15.3. The van der Waals surface area contributed by atoms with Crippen molar-refractivity contribution in [3.63, 3.8) is 0 Å². The average molecular weight is 375 g/mol. The van der Waals surface area contributed by atoms with Crippen LogP contribution in [0.2, 0.25) is 0 Å². The molecule has 7 nitrogen and oxygen atoms in total. The van der Waals surface area contributed by atoms with Crippen LogP contribution in [0.15, 0.2) is 28.5 Å². The van der Waals surface area contributed by atoms with Crippen molar-refractivity contribution in [2.24, 2.45) is 0 Å². The van der Waals surface area contributed by atoms with Crippen molar-refractivity contribution < 1.29 is 4.79 Å². The Kier molecular flexibility index (Phi) is 6.05. The molecule has 0 bridgehead atoms. The van der Waals surface area contributed by atoms with Gasteiger partial charge in [-0.1, -0.05) is 17.4 Å². The van der Waals surface area contributed by atoms with E-state index in [9.17, 15) is 9.59 Å². The first-order valence-corrected chi connectivity index (χ1v) is 9.71. The van der Waals surface area contributed by atoms with Crippen LogP contribution in [0.1, 0.15) is 17.7 Å². The molecule has 1 N–H and O–H groups in total. The Morgan fingerprint density at radius 1 is 1.27 bits per heavy atom. The zero-order chi connectivity index (χ0) is 18.5. The minimum absolute atomic E-state index is 0.0148. The molecule has 0 radical (unpaired) electrons.